The molecule has 1 N–H and O–H groups in total. The van der Waals surface area contributed by atoms with Gasteiger partial charge in [-0.1, -0.05) is 23.7 Å². The molecule has 1 saturated carbocycles. The van der Waals surface area contributed by atoms with Crippen molar-refractivity contribution in [2.45, 2.75) is 65.3 Å². The Balaban J connectivity index is 1.38. The van der Waals surface area contributed by atoms with Crippen molar-refractivity contribution in [3.8, 4) is 5.75 Å². The van der Waals surface area contributed by atoms with Gasteiger partial charge in [-0.15, -0.1) is 5.01 Å². The average Bonchev–Trinajstić information content (AvgIpc) is 3.30. The summed E-state index contributed by atoms with van der Waals surface area (Å²) < 4.78 is 11.9. The normalized spacial score (nSPS) is 21.9. The first-order valence-electron chi connectivity index (χ1n) is 12.1. The van der Waals surface area contributed by atoms with Crippen LogP contribution in [0.5, 0.6) is 5.75 Å². The fourth-order valence-corrected chi connectivity index (χ4v) is 4.68. The Bertz CT molecular complexity index is 1070. The van der Waals surface area contributed by atoms with Crippen molar-refractivity contribution in [2.75, 3.05) is 13.1 Å². The van der Waals surface area contributed by atoms with Gasteiger partial charge < -0.3 is 14.3 Å². The maximum absolute atomic E-state index is 13.0. The number of benzene rings is 1. The second-order valence-corrected chi connectivity index (χ2v) is 9.27. The van der Waals surface area contributed by atoms with Gasteiger partial charge in [-0.05, 0) is 64.2 Å². The summed E-state index contributed by atoms with van der Waals surface area (Å²) in [5, 5.41) is 16.0. The van der Waals surface area contributed by atoms with Gasteiger partial charge >= 0.3 is 5.97 Å². The molecule has 1 aromatic heterocycles. The lowest BCUT2D eigenvalue weighted by Gasteiger charge is -2.25. The second kappa shape index (κ2) is 11.2. The highest BCUT2D eigenvalue weighted by molar-refractivity contribution is 6.30. The van der Waals surface area contributed by atoms with Gasteiger partial charge in [0.05, 0.1) is 31.3 Å². The van der Waals surface area contributed by atoms with Crippen LogP contribution >= 0.6 is 11.6 Å². The Morgan fingerprint density at radius 1 is 1.23 bits per heavy atom. The summed E-state index contributed by atoms with van der Waals surface area (Å²) in [6, 6.07) is 7.52. The second-order valence-electron chi connectivity index (χ2n) is 8.84. The molecule has 10 heteroatoms. The van der Waals surface area contributed by atoms with Crippen LogP contribution in [0.2, 0.25) is 5.02 Å². The van der Waals surface area contributed by atoms with Crippen LogP contribution in [-0.2, 0) is 21.0 Å². The highest BCUT2D eigenvalue weighted by atomic mass is 35.5. The molecule has 2 heterocycles. The predicted octanol–water partition coefficient (Wildman–Crippen LogP) is 5.17. The van der Waals surface area contributed by atoms with E-state index in [4.69, 9.17) is 25.9 Å². The van der Waals surface area contributed by atoms with E-state index in [0.29, 0.717) is 61.8 Å². The third-order valence-electron chi connectivity index (χ3n) is 6.66. The van der Waals surface area contributed by atoms with Gasteiger partial charge in [-0.25, -0.2) is 5.21 Å². The topological polar surface area (TPSA) is 96.5 Å². The zero-order chi connectivity index (χ0) is 24.9. The summed E-state index contributed by atoms with van der Waals surface area (Å²) in [5.74, 6) is 0.000501. The number of hydrogen-bond donors (Lipinski definition) is 1. The first-order valence-corrected chi connectivity index (χ1v) is 12.5. The van der Waals surface area contributed by atoms with Crippen molar-refractivity contribution in [1.29, 1.82) is 0 Å². The number of hydrazine groups is 1. The largest absolute Gasteiger partial charge is 0.424 e. The molecular weight excluding hydrogens is 472 g/mol. The van der Waals surface area contributed by atoms with Gasteiger partial charge in [0.2, 0.25) is 0 Å². The summed E-state index contributed by atoms with van der Waals surface area (Å²) in [5.41, 5.74) is 3.40. The number of aryl methyl sites for hydroxylation is 1. The molecule has 0 radical (unpaired) electrons. The molecule has 0 saturated heterocycles. The number of ether oxygens (including phenoxy) is 2. The predicted molar refractivity (Wildman–Crippen MR) is 127 cm³/mol. The van der Waals surface area contributed by atoms with E-state index in [0.717, 1.165) is 21.7 Å². The zero-order valence-corrected chi connectivity index (χ0v) is 21.1. The quantitative estimate of drug-likeness (QED) is 0.230. The number of carbonyl (C=O) groups excluding carboxylic acids is 1. The molecule has 0 unspecified atom stereocenters. The molecule has 4 rings (SSSR count). The maximum Gasteiger partial charge on any atom is 0.314 e. The van der Waals surface area contributed by atoms with Crippen LogP contribution < -0.4 is 4.74 Å². The van der Waals surface area contributed by atoms with E-state index in [2.05, 4.69) is 10.3 Å². The Morgan fingerprint density at radius 2 is 1.91 bits per heavy atom. The van der Waals surface area contributed by atoms with Gasteiger partial charge in [-0.2, -0.15) is 0 Å². The van der Waals surface area contributed by atoms with Crippen molar-refractivity contribution < 1.29 is 29.3 Å². The number of halogens is 1. The Kier molecular flexibility index (Phi) is 8.07. The van der Waals surface area contributed by atoms with Crippen LogP contribution in [0.4, 0.5) is 0 Å². The number of pyridine rings is 1. The summed E-state index contributed by atoms with van der Waals surface area (Å²) in [6.45, 7) is 7.25. The van der Waals surface area contributed by atoms with Crippen LogP contribution in [0.15, 0.2) is 35.7 Å². The summed E-state index contributed by atoms with van der Waals surface area (Å²) in [7, 11) is 0. The number of fused-ring (bicyclic) bond motifs is 1. The maximum atomic E-state index is 13.0. The molecule has 0 bridgehead atoms. The van der Waals surface area contributed by atoms with Crippen molar-refractivity contribution in [1.82, 2.24) is 9.99 Å². The number of nitrogens with zero attached hydrogens (tertiary/aromatic N) is 4. The van der Waals surface area contributed by atoms with E-state index < -0.39 is 0 Å². The van der Waals surface area contributed by atoms with Crippen molar-refractivity contribution in [3.63, 3.8) is 0 Å². The standard InChI is InChI=1S/C25H32ClN4O5/c1-4-29(5-2)30(32)28-35-20-12-8-18(9-13-20)25(31)34-23-16(3)27-14-21-22(23)15-33-24(21)17-6-10-19(26)11-7-17/h6-7,10-11,14,18,20,24H,4-5,8-9,12-13,15H2,1-3H3,(H,28,32)/q+1/t18-,20-,24-/m0/s1. The first-order chi connectivity index (χ1) is 16.9. The number of carbonyl (C=O) groups is 1. The molecule has 1 fully saturated rings. The fourth-order valence-electron chi connectivity index (χ4n) is 4.56. The molecule has 2 aromatic rings. The monoisotopic (exact) mass is 503 g/mol. The van der Waals surface area contributed by atoms with E-state index in [1.54, 1.807) is 11.2 Å². The van der Waals surface area contributed by atoms with Crippen molar-refractivity contribution >= 4 is 17.6 Å². The number of aromatic nitrogens is 1. The van der Waals surface area contributed by atoms with Gasteiger partial charge in [0, 0.05) is 22.3 Å². The van der Waals surface area contributed by atoms with Crippen LogP contribution in [-0.4, -0.2) is 45.3 Å². The molecular formula is C25H32ClN4O5+. The molecule has 1 aromatic carbocycles. The third-order valence-corrected chi connectivity index (χ3v) is 6.91. The Morgan fingerprint density at radius 3 is 2.57 bits per heavy atom. The highest BCUT2D eigenvalue weighted by Gasteiger charge is 2.33. The molecule has 9 nitrogen and oxygen atoms in total. The van der Waals surface area contributed by atoms with Crippen LogP contribution in [0.3, 0.4) is 0 Å². The average molecular weight is 504 g/mol. The van der Waals surface area contributed by atoms with Crippen LogP contribution in [0.1, 0.15) is 68.0 Å². The molecule has 2 aliphatic rings. The van der Waals surface area contributed by atoms with Gasteiger partial charge in [0.1, 0.15) is 12.2 Å². The lowest BCUT2D eigenvalue weighted by molar-refractivity contribution is -0.941. The minimum atomic E-state index is -0.272. The molecule has 0 spiro atoms. The minimum Gasteiger partial charge on any atom is -0.424 e. The van der Waals surface area contributed by atoms with E-state index in [-0.39, 0.29) is 24.1 Å². The molecule has 1 aliphatic carbocycles. The number of hydrogen-bond acceptors (Lipinski definition) is 6. The minimum absolute atomic E-state index is 0.151. The lowest BCUT2D eigenvalue weighted by atomic mass is 9.87. The molecule has 188 valence electrons. The van der Waals surface area contributed by atoms with Gasteiger partial charge in [-0.3, -0.25) is 9.78 Å². The summed E-state index contributed by atoms with van der Waals surface area (Å²) in [4.78, 5) is 23.7. The molecule has 0 amide bonds. The van der Waals surface area contributed by atoms with E-state index in [9.17, 15) is 10.0 Å². The highest BCUT2D eigenvalue weighted by Crippen LogP contribution is 2.41. The lowest BCUT2D eigenvalue weighted by Crippen LogP contribution is -2.33. The summed E-state index contributed by atoms with van der Waals surface area (Å²) >= 11 is 6.02. The SMILES string of the molecule is CCN(CC)/[N+](O)=N/O[C@H]1CC[C@H](C(=O)Oc2c(C)ncc3c2CO[C@H]3c2ccc(Cl)cc2)CC1. The summed E-state index contributed by atoms with van der Waals surface area (Å²) in [6.07, 6.45) is 3.93. The van der Waals surface area contributed by atoms with Crippen LogP contribution in [0, 0.1) is 12.8 Å². The fraction of sp³-hybridized carbons (Fsp3) is 0.520. The number of esters is 1. The third kappa shape index (κ3) is 5.67. The van der Waals surface area contributed by atoms with Gasteiger partial charge in [0.15, 0.2) is 5.75 Å². The van der Waals surface area contributed by atoms with E-state index >= 15 is 0 Å². The van der Waals surface area contributed by atoms with Gasteiger partial charge in [0.25, 0.3) is 10.2 Å². The smallest absolute Gasteiger partial charge is 0.314 e. The first kappa shape index (κ1) is 25.2. The molecule has 35 heavy (non-hydrogen) atoms. The van der Waals surface area contributed by atoms with E-state index in [1.165, 1.54) is 0 Å². The Labute approximate surface area is 210 Å². The van der Waals surface area contributed by atoms with E-state index in [1.807, 2.05) is 45.0 Å². The Hall–Kier alpha value is -2.91. The number of rotatable bonds is 8. The van der Waals surface area contributed by atoms with Crippen LogP contribution in [0.25, 0.3) is 0 Å². The van der Waals surface area contributed by atoms with Crippen molar-refractivity contribution in [2.24, 2.45) is 11.2 Å². The molecule has 1 aliphatic heterocycles. The zero-order valence-electron chi connectivity index (χ0n) is 20.3. The molecule has 1 atom stereocenters. The van der Waals surface area contributed by atoms with Crippen molar-refractivity contribution in [3.05, 3.63) is 57.9 Å².